The van der Waals surface area contributed by atoms with Crippen LogP contribution in [0, 0.1) is 0 Å². The molecule has 0 aliphatic rings. The number of hydrogen-bond donors (Lipinski definition) is 1. The van der Waals surface area contributed by atoms with Gasteiger partial charge in [0.2, 0.25) is 5.91 Å². The van der Waals surface area contributed by atoms with Gasteiger partial charge in [-0.25, -0.2) is 4.98 Å². The molecule has 0 unspecified atom stereocenters. The molecule has 0 bridgehead atoms. The maximum Gasteiger partial charge on any atom is 0.250 e. The highest BCUT2D eigenvalue weighted by molar-refractivity contribution is 9.10. The molecule has 1 N–H and O–H groups in total. The van der Waals surface area contributed by atoms with Crippen molar-refractivity contribution in [3.8, 4) is 28.5 Å². The molecular weight excluding hydrogens is 528 g/mol. The molecule has 0 spiro atoms. The molecule has 0 atom stereocenters. The first-order valence-electron chi connectivity index (χ1n) is 10.7. The normalized spacial score (nSPS) is 10.8. The Morgan fingerprint density at radius 2 is 1.83 bits per heavy atom. The van der Waals surface area contributed by atoms with Crippen molar-refractivity contribution in [1.29, 1.82) is 0 Å². The zero-order valence-electron chi connectivity index (χ0n) is 19.2. The summed E-state index contributed by atoms with van der Waals surface area (Å²) in [6.45, 7) is 0.416. The minimum absolute atomic E-state index is 0.278. The van der Waals surface area contributed by atoms with Crippen LogP contribution < -0.4 is 19.5 Å². The summed E-state index contributed by atoms with van der Waals surface area (Å²) < 4.78 is 17.4. The van der Waals surface area contributed by atoms with Gasteiger partial charge in [-0.05, 0) is 69.5 Å². The van der Waals surface area contributed by atoms with Gasteiger partial charge in [-0.2, -0.15) is 0 Å². The third-order valence-corrected chi connectivity index (χ3v) is 6.37. The van der Waals surface area contributed by atoms with Crippen LogP contribution in [0.4, 0.5) is 5.13 Å². The minimum atomic E-state index is -0.278. The second-order valence-corrected chi connectivity index (χ2v) is 9.11. The Morgan fingerprint density at radius 1 is 1.06 bits per heavy atom. The standard InChI is InChI=1S/C27H23BrN2O4S/c1-32-21-11-9-20(10-12-21)23-17-35-27(29-23)30-25(31)13-8-19-14-22(28)26(24(15-19)33-2)34-16-18-6-4-3-5-7-18/h3-15,17H,16H2,1-2H3,(H,29,30,31). The lowest BCUT2D eigenvalue weighted by Gasteiger charge is -2.13. The van der Waals surface area contributed by atoms with E-state index in [1.54, 1.807) is 20.3 Å². The summed E-state index contributed by atoms with van der Waals surface area (Å²) in [5.41, 5.74) is 3.58. The zero-order valence-corrected chi connectivity index (χ0v) is 21.6. The van der Waals surface area contributed by atoms with Gasteiger partial charge >= 0.3 is 0 Å². The Kier molecular flexibility index (Phi) is 8.18. The predicted molar refractivity (Wildman–Crippen MR) is 143 cm³/mol. The summed E-state index contributed by atoms with van der Waals surface area (Å²) in [5.74, 6) is 1.67. The van der Waals surface area contributed by atoms with Gasteiger partial charge in [0.25, 0.3) is 0 Å². The fourth-order valence-electron chi connectivity index (χ4n) is 3.25. The van der Waals surface area contributed by atoms with Crippen LogP contribution in [-0.2, 0) is 11.4 Å². The lowest BCUT2D eigenvalue weighted by atomic mass is 10.2. The molecule has 1 aromatic heterocycles. The van der Waals surface area contributed by atoms with E-state index in [0.717, 1.165) is 32.6 Å². The first-order valence-corrected chi connectivity index (χ1v) is 12.4. The van der Waals surface area contributed by atoms with Crippen molar-refractivity contribution < 1.29 is 19.0 Å². The summed E-state index contributed by atoms with van der Waals surface area (Å²) in [6.07, 6.45) is 3.17. The summed E-state index contributed by atoms with van der Waals surface area (Å²) in [4.78, 5) is 17.0. The summed E-state index contributed by atoms with van der Waals surface area (Å²) in [5, 5.41) is 5.23. The number of halogens is 1. The van der Waals surface area contributed by atoms with Gasteiger partial charge in [-0.3, -0.25) is 10.1 Å². The van der Waals surface area contributed by atoms with E-state index in [4.69, 9.17) is 14.2 Å². The lowest BCUT2D eigenvalue weighted by Crippen LogP contribution is -2.07. The van der Waals surface area contributed by atoms with Crippen LogP contribution >= 0.6 is 27.3 Å². The zero-order chi connectivity index (χ0) is 24.6. The average molecular weight is 551 g/mol. The second-order valence-electron chi connectivity index (χ2n) is 7.40. The average Bonchev–Trinajstić information content (AvgIpc) is 3.35. The van der Waals surface area contributed by atoms with Crippen molar-refractivity contribution in [2.45, 2.75) is 6.61 Å². The lowest BCUT2D eigenvalue weighted by molar-refractivity contribution is -0.111. The molecule has 0 saturated carbocycles. The smallest absolute Gasteiger partial charge is 0.250 e. The number of rotatable bonds is 9. The van der Waals surface area contributed by atoms with Crippen LogP contribution in [0.5, 0.6) is 17.2 Å². The number of thiazole rings is 1. The Labute approximate surface area is 216 Å². The highest BCUT2D eigenvalue weighted by atomic mass is 79.9. The number of anilines is 1. The fraction of sp³-hybridized carbons (Fsp3) is 0.111. The maximum atomic E-state index is 12.5. The number of carbonyl (C=O) groups is 1. The highest BCUT2D eigenvalue weighted by Crippen LogP contribution is 2.37. The number of ether oxygens (including phenoxy) is 3. The van der Waals surface area contributed by atoms with Crippen LogP contribution in [0.3, 0.4) is 0 Å². The number of nitrogens with zero attached hydrogens (tertiary/aromatic N) is 1. The quantitative estimate of drug-likeness (QED) is 0.231. The summed E-state index contributed by atoms with van der Waals surface area (Å²) in [6, 6.07) is 21.2. The number of carbonyl (C=O) groups excluding carboxylic acids is 1. The molecular formula is C27H23BrN2O4S. The molecule has 1 amide bonds. The van der Waals surface area contributed by atoms with Crippen LogP contribution in [0.1, 0.15) is 11.1 Å². The van der Waals surface area contributed by atoms with Gasteiger partial charge in [0.1, 0.15) is 12.4 Å². The van der Waals surface area contributed by atoms with E-state index in [1.807, 2.05) is 72.1 Å². The van der Waals surface area contributed by atoms with E-state index >= 15 is 0 Å². The van der Waals surface area contributed by atoms with Gasteiger partial charge < -0.3 is 14.2 Å². The first kappa shape index (κ1) is 24.5. The third-order valence-electron chi connectivity index (χ3n) is 5.03. The second kappa shape index (κ2) is 11.7. The largest absolute Gasteiger partial charge is 0.497 e. The van der Waals surface area contributed by atoms with Crippen LogP contribution in [0.2, 0.25) is 0 Å². The molecule has 0 radical (unpaired) electrons. The van der Waals surface area contributed by atoms with Gasteiger partial charge in [-0.1, -0.05) is 30.3 Å². The van der Waals surface area contributed by atoms with E-state index in [0.29, 0.717) is 23.2 Å². The van der Waals surface area contributed by atoms with Crippen LogP contribution in [-0.4, -0.2) is 25.1 Å². The Balaban J connectivity index is 1.40. The molecule has 8 heteroatoms. The topological polar surface area (TPSA) is 69.7 Å². The number of amides is 1. The number of hydrogen-bond acceptors (Lipinski definition) is 6. The van der Waals surface area contributed by atoms with Crippen molar-refractivity contribution in [1.82, 2.24) is 4.98 Å². The van der Waals surface area contributed by atoms with Crippen molar-refractivity contribution in [3.63, 3.8) is 0 Å². The van der Waals surface area contributed by atoms with Crippen LogP contribution in [0.15, 0.2) is 82.7 Å². The van der Waals surface area contributed by atoms with Crippen LogP contribution in [0.25, 0.3) is 17.3 Å². The van der Waals surface area contributed by atoms with E-state index < -0.39 is 0 Å². The molecule has 4 rings (SSSR count). The predicted octanol–water partition coefficient (Wildman–Crippen LogP) is 6.82. The molecule has 6 nitrogen and oxygen atoms in total. The summed E-state index contributed by atoms with van der Waals surface area (Å²) in [7, 11) is 3.21. The first-order chi connectivity index (χ1) is 17.1. The Bertz CT molecular complexity index is 1320. The maximum absolute atomic E-state index is 12.5. The third kappa shape index (κ3) is 6.49. The number of methoxy groups -OCH3 is 2. The molecule has 0 saturated heterocycles. The molecule has 4 aromatic rings. The molecule has 178 valence electrons. The molecule has 3 aromatic carbocycles. The van der Waals surface area contributed by atoms with Crippen molar-refractivity contribution in [2.75, 3.05) is 19.5 Å². The monoisotopic (exact) mass is 550 g/mol. The van der Waals surface area contributed by atoms with Gasteiger partial charge in [-0.15, -0.1) is 11.3 Å². The Hall–Kier alpha value is -3.62. The molecule has 35 heavy (non-hydrogen) atoms. The van der Waals surface area contributed by atoms with E-state index in [9.17, 15) is 4.79 Å². The molecule has 0 aliphatic carbocycles. The minimum Gasteiger partial charge on any atom is -0.497 e. The molecule has 0 fully saturated rings. The number of nitrogens with one attached hydrogen (secondary N) is 1. The van der Waals surface area contributed by atoms with Gasteiger partial charge in [0.15, 0.2) is 16.6 Å². The Morgan fingerprint density at radius 3 is 2.54 bits per heavy atom. The van der Waals surface area contributed by atoms with Gasteiger partial charge in [0.05, 0.1) is 24.4 Å². The van der Waals surface area contributed by atoms with Crippen molar-refractivity contribution in [2.24, 2.45) is 0 Å². The van der Waals surface area contributed by atoms with Crippen molar-refractivity contribution in [3.05, 3.63) is 93.8 Å². The van der Waals surface area contributed by atoms with E-state index in [2.05, 4.69) is 26.2 Å². The fourth-order valence-corrected chi connectivity index (χ4v) is 4.55. The number of benzene rings is 3. The molecule has 0 aliphatic heterocycles. The van der Waals surface area contributed by atoms with E-state index in [-0.39, 0.29) is 5.91 Å². The van der Waals surface area contributed by atoms with E-state index in [1.165, 1.54) is 17.4 Å². The highest BCUT2D eigenvalue weighted by Gasteiger charge is 2.12. The summed E-state index contributed by atoms with van der Waals surface area (Å²) >= 11 is 4.92. The van der Waals surface area contributed by atoms with Gasteiger partial charge in [0, 0.05) is 17.0 Å². The van der Waals surface area contributed by atoms with Crippen molar-refractivity contribution >= 4 is 44.4 Å². The number of aromatic nitrogens is 1. The SMILES string of the molecule is COc1ccc(-c2csc(NC(=O)C=Cc3cc(Br)c(OCc4ccccc4)c(OC)c3)n2)cc1. The molecule has 1 heterocycles.